The van der Waals surface area contributed by atoms with Crippen LogP contribution in [0.4, 0.5) is 0 Å². The normalized spacial score (nSPS) is 28.5. The van der Waals surface area contributed by atoms with E-state index in [1.165, 1.54) is 19.4 Å². The molecule has 3 atom stereocenters. The highest BCUT2D eigenvalue weighted by Crippen LogP contribution is 2.43. The van der Waals surface area contributed by atoms with Crippen molar-refractivity contribution in [1.82, 2.24) is 9.80 Å². The summed E-state index contributed by atoms with van der Waals surface area (Å²) in [5.74, 6) is 3.37. The molecule has 0 radical (unpaired) electrons. The van der Waals surface area contributed by atoms with Crippen LogP contribution >= 0.6 is 0 Å². The fourth-order valence-electron chi connectivity index (χ4n) is 4.56. The van der Waals surface area contributed by atoms with Gasteiger partial charge in [0.1, 0.15) is 5.75 Å². The Hall–Kier alpha value is -1.81. The van der Waals surface area contributed by atoms with Gasteiger partial charge in [-0.15, -0.1) is 0 Å². The number of carbonyl (C=O) groups is 1. The van der Waals surface area contributed by atoms with Crippen LogP contribution < -0.4 is 4.74 Å². The maximum atomic E-state index is 12.4. The van der Waals surface area contributed by atoms with E-state index >= 15 is 0 Å². The van der Waals surface area contributed by atoms with Crippen molar-refractivity contribution in [3.05, 3.63) is 42.0 Å². The molecule has 0 aromatic heterocycles. The van der Waals surface area contributed by atoms with Crippen molar-refractivity contribution in [2.45, 2.75) is 19.8 Å². The lowest BCUT2D eigenvalue weighted by molar-refractivity contribution is -0.135. The van der Waals surface area contributed by atoms with E-state index in [1.54, 1.807) is 0 Å². The summed E-state index contributed by atoms with van der Waals surface area (Å²) < 4.78 is 5.66. The molecule has 1 aliphatic heterocycles. The third kappa shape index (κ3) is 3.90. The molecule has 1 saturated heterocycles. The van der Waals surface area contributed by atoms with Crippen LogP contribution in [0.1, 0.15) is 18.4 Å². The standard InChI is InChI=1S/C21H28N2O2/c1-16-3-2-4-20(11-16)25-15-21(24)23-9-7-22(8-10-23)14-19-13-17-5-6-18(19)12-17/h2-6,11,17-19H,7-10,12-15H2,1H3/t17-,18+,19+/m0/s1. The topological polar surface area (TPSA) is 32.8 Å². The Morgan fingerprint density at radius 1 is 1.16 bits per heavy atom. The number of rotatable bonds is 5. The number of benzene rings is 1. The Kier molecular flexibility index (Phi) is 4.80. The Bertz CT molecular complexity index is 649. The number of fused-ring (bicyclic) bond motifs is 2. The molecular weight excluding hydrogens is 312 g/mol. The number of allylic oxidation sites excluding steroid dienone is 2. The molecule has 2 bridgehead atoms. The largest absolute Gasteiger partial charge is 0.484 e. The number of amides is 1. The van der Waals surface area contributed by atoms with Gasteiger partial charge in [0.05, 0.1) is 0 Å². The highest BCUT2D eigenvalue weighted by molar-refractivity contribution is 5.77. The summed E-state index contributed by atoms with van der Waals surface area (Å²) in [5.41, 5.74) is 1.15. The monoisotopic (exact) mass is 340 g/mol. The van der Waals surface area contributed by atoms with Crippen LogP contribution in [0.25, 0.3) is 0 Å². The van der Waals surface area contributed by atoms with Gasteiger partial charge in [0.2, 0.25) is 0 Å². The molecule has 134 valence electrons. The quantitative estimate of drug-likeness (QED) is 0.773. The van der Waals surface area contributed by atoms with Gasteiger partial charge in [0, 0.05) is 32.7 Å². The van der Waals surface area contributed by atoms with Crippen LogP contribution in [0.3, 0.4) is 0 Å². The van der Waals surface area contributed by atoms with E-state index in [1.807, 2.05) is 36.1 Å². The van der Waals surface area contributed by atoms with Crippen LogP contribution in [-0.4, -0.2) is 55.0 Å². The smallest absolute Gasteiger partial charge is 0.260 e. The summed E-state index contributed by atoms with van der Waals surface area (Å²) in [6, 6.07) is 7.86. The molecule has 2 aliphatic carbocycles. The van der Waals surface area contributed by atoms with Gasteiger partial charge < -0.3 is 9.64 Å². The Morgan fingerprint density at radius 2 is 2.00 bits per heavy atom. The summed E-state index contributed by atoms with van der Waals surface area (Å²) in [6.07, 6.45) is 7.58. The van der Waals surface area contributed by atoms with Crippen molar-refractivity contribution in [2.75, 3.05) is 39.3 Å². The van der Waals surface area contributed by atoms with Gasteiger partial charge in [0.15, 0.2) is 6.61 Å². The molecule has 4 heteroatoms. The van der Waals surface area contributed by atoms with Crippen molar-refractivity contribution in [1.29, 1.82) is 0 Å². The van der Waals surface area contributed by atoms with E-state index < -0.39 is 0 Å². The Morgan fingerprint density at radius 3 is 2.68 bits per heavy atom. The highest BCUT2D eigenvalue weighted by Gasteiger charge is 2.36. The molecule has 0 unspecified atom stereocenters. The first kappa shape index (κ1) is 16.6. The number of ether oxygens (including phenoxy) is 1. The van der Waals surface area contributed by atoms with Gasteiger partial charge in [-0.1, -0.05) is 24.3 Å². The van der Waals surface area contributed by atoms with E-state index in [-0.39, 0.29) is 12.5 Å². The van der Waals surface area contributed by atoms with Crippen molar-refractivity contribution in [3.63, 3.8) is 0 Å². The molecule has 4 rings (SSSR count). The van der Waals surface area contributed by atoms with Crippen LogP contribution in [0, 0.1) is 24.7 Å². The minimum Gasteiger partial charge on any atom is -0.484 e. The summed E-state index contributed by atoms with van der Waals surface area (Å²) in [7, 11) is 0. The Balaban J connectivity index is 1.20. The fraction of sp³-hybridized carbons (Fsp3) is 0.571. The van der Waals surface area contributed by atoms with E-state index in [0.717, 1.165) is 55.2 Å². The third-order valence-corrected chi connectivity index (χ3v) is 5.99. The zero-order valence-corrected chi connectivity index (χ0v) is 15.1. The van der Waals surface area contributed by atoms with Crippen molar-refractivity contribution >= 4 is 5.91 Å². The Labute approximate surface area is 150 Å². The molecule has 4 nitrogen and oxygen atoms in total. The second kappa shape index (κ2) is 7.20. The molecule has 2 fully saturated rings. The molecular formula is C21H28N2O2. The zero-order chi connectivity index (χ0) is 17.2. The van der Waals surface area contributed by atoms with E-state index in [4.69, 9.17) is 4.74 Å². The third-order valence-electron chi connectivity index (χ3n) is 5.99. The molecule has 1 saturated carbocycles. The molecule has 0 N–H and O–H groups in total. The number of nitrogens with zero attached hydrogens (tertiary/aromatic N) is 2. The lowest BCUT2D eigenvalue weighted by Crippen LogP contribution is -2.51. The molecule has 3 aliphatic rings. The molecule has 1 amide bonds. The van der Waals surface area contributed by atoms with Gasteiger partial charge in [0.25, 0.3) is 5.91 Å². The van der Waals surface area contributed by atoms with Gasteiger partial charge in [-0.2, -0.15) is 0 Å². The van der Waals surface area contributed by atoms with E-state index in [0.29, 0.717) is 0 Å². The maximum Gasteiger partial charge on any atom is 0.260 e. The molecule has 1 aromatic rings. The average molecular weight is 340 g/mol. The van der Waals surface area contributed by atoms with Crippen LogP contribution in [-0.2, 0) is 4.79 Å². The molecule has 0 spiro atoms. The molecule has 1 aromatic carbocycles. The minimum atomic E-state index is 0.101. The zero-order valence-electron chi connectivity index (χ0n) is 15.1. The van der Waals surface area contributed by atoms with E-state index in [9.17, 15) is 4.79 Å². The summed E-state index contributed by atoms with van der Waals surface area (Å²) in [5, 5.41) is 0. The van der Waals surface area contributed by atoms with Gasteiger partial charge in [-0.3, -0.25) is 9.69 Å². The van der Waals surface area contributed by atoms with Crippen LogP contribution in [0.2, 0.25) is 0 Å². The lowest BCUT2D eigenvalue weighted by atomic mass is 9.93. The average Bonchev–Trinajstić information content (AvgIpc) is 3.23. The minimum absolute atomic E-state index is 0.101. The predicted molar refractivity (Wildman–Crippen MR) is 98.5 cm³/mol. The number of piperazine rings is 1. The number of hydrogen-bond acceptors (Lipinski definition) is 3. The molecule has 25 heavy (non-hydrogen) atoms. The number of hydrogen-bond donors (Lipinski definition) is 0. The number of carbonyl (C=O) groups excluding carboxylic acids is 1. The lowest BCUT2D eigenvalue weighted by Gasteiger charge is -2.36. The maximum absolute atomic E-state index is 12.4. The first-order valence-corrected chi connectivity index (χ1v) is 9.55. The first-order chi connectivity index (χ1) is 12.2. The number of aryl methyl sites for hydroxylation is 1. The SMILES string of the molecule is Cc1cccc(OCC(=O)N2CCN(C[C@H]3C[C@H]4C=C[C@@H]3C4)CC2)c1. The van der Waals surface area contributed by atoms with Gasteiger partial charge >= 0.3 is 0 Å². The second-order valence-corrected chi connectivity index (χ2v) is 7.83. The van der Waals surface area contributed by atoms with Gasteiger partial charge in [-0.25, -0.2) is 0 Å². The highest BCUT2D eigenvalue weighted by atomic mass is 16.5. The van der Waals surface area contributed by atoms with Crippen molar-refractivity contribution < 1.29 is 9.53 Å². The van der Waals surface area contributed by atoms with Crippen molar-refractivity contribution in [2.24, 2.45) is 17.8 Å². The molecule has 1 heterocycles. The van der Waals surface area contributed by atoms with Crippen molar-refractivity contribution in [3.8, 4) is 5.75 Å². The van der Waals surface area contributed by atoms with Gasteiger partial charge in [-0.05, 0) is 55.2 Å². The second-order valence-electron chi connectivity index (χ2n) is 7.83. The summed E-state index contributed by atoms with van der Waals surface area (Å²) in [6.45, 7) is 7.01. The predicted octanol–water partition coefficient (Wildman–Crippen LogP) is 2.73. The fourth-order valence-corrected chi connectivity index (χ4v) is 4.56. The van der Waals surface area contributed by atoms with Crippen LogP contribution in [0.5, 0.6) is 5.75 Å². The van der Waals surface area contributed by atoms with Crippen LogP contribution in [0.15, 0.2) is 36.4 Å². The summed E-state index contributed by atoms with van der Waals surface area (Å²) >= 11 is 0. The first-order valence-electron chi connectivity index (χ1n) is 9.55. The summed E-state index contributed by atoms with van der Waals surface area (Å²) in [4.78, 5) is 16.9. The van der Waals surface area contributed by atoms with E-state index in [2.05, 4.69) is 17.1 Å².